The molecule has 2 aliphatic heterocycles. The van der Waals surface area contributed by atoms with E-state index < -0.39 is 0 Å². The van der Waals surface area contributed by atoms with Crippen LogP contribution in [0.3, 0.4) is 0 Å². The Labute approximate surface area is 335 Å². The first-order valence-corrected chi connectivity index (χ1v) is 19.7. The summed E-state index contributed by atoms with van der Waals surface area (Å²) < 4.78 is 5.02. The standard InChI is InChI=1S/C54H34N4/c1-3-17-43(18-4-1)57-47-27-23-36-22-26-46(40-14-8-12-38(32-40)42-16-10-30-56-34-42)54-50(36)51(47)52-48(58(54)44-19-5-2-6-20-44)28-24-35-21-25-45(53(57)49(35)52)39-13-7-11-37(31-39)41-15-9-29-55-33-41/h1-34H. The number of aromatic nitrogens is 4. The molecule has 270 valence electrons. The van der Waals surface area contributed by atoms with E-state index in [2.05, 4.69) is 189 Å². The van der Waals surface area contributed by atoms with Gasteiger partial charge < -0.3 is 9.13 Å². The number of para-hydroxylation sites is 2. The average molecular weight is 739 g/mol. The molecule has 0 bridgehead atoms. The van der Waals surface area contributed by atoms with E-state index in [1.54, 1.807) is 0 Å². The average Bonchev–Trinajstić information content (AvgIpc) is 3.31. The maximum Gasteiger partial charge on any atom is 0.0625 e. The fourth-order valence-electron chi connectivity index (χ4n) is 9.32. The van der Waals surface area contributed by atoms with Crippen LogP contribution in [-0.2, 0) is 0 Å². The Morgan fingerprint density at radius 1 is 0.328 bits per heavy atom. The van der Waals surface area contributed by atoms with E-state index in [1.807, 2.05) is 36.9 Å². The van der Waals surface area contributed by atoms with Gasteiger partial charge in [-0.25, -0.2) is 0 Å². The maximum absolute atomic E-state index is 4.44. The lowest BCUT2D eigenvalue weighted by Crippen LogP contribution is -2.11. The number of nitrogens with zero attached hydrogens (tertiary/aromatic N) is 4. The third-order valence-corrected chi connectivity index (χ3v) is 11.8. The van der Waals surface area contributed by atoms with Crippen LogP contribution in [-0.4, -0.2) is 19.1 Å². The van der Waals surface area contributed by atoms with Gasteiger partial charge in [0.05, 0.1) is 22.1 Å². The highest BCUT2D eigenvalue weighted by Gasteiger charge is 2.29. The summed E-state index contributed by atoms with van der Waals surface area (Å²) in [7, 11) is 0. The van der Waals surface area contributed by atoms with Crippen LogP contribution in [0.25, 0.3) is 111 Å². The van der Waals surface area contributed by atoms with Crippen molar-refractivity contribution in [1.82, 2.24) is 19.1 Å². The zero-order chi connectivity index (χ0) is 38.2. The second-order valence-electron chi connectivity index (χ2n) is 15.0. The zero-order valence-electron chi connectivity index (χ0n) is 31.4. The molecular formula is C54H34N4. The zero-order valence-corrected chi connectivity index (χ0v) is 31.4. The molecule has 8 aromatic carbocycles. The van der Waals surface area contributed by atoms with Gasteiger partial charge in [0.2, 0.25) is 0 Å². The maximum atomic E-state index is 4.44. The number of hydrogen-bond donors (Lipinski definition) is 0. The first-order valence-electron chi connectivity index (χ1n) is 19.7. The summed E-state index contributed by atoms with van der Waals surface area (Å²) in [5.41, 5.74) is 18.7. The molecule has 0 amide bonds. The van der Waals surface area contributed by atoms with E-state index in [-0.39, 0.29) is 0 Å². The van der Waals surface area contributed by atoms with Crippen molar-refractivity contribution in [3.8, 4) is 67.0 Å². The van der Waals surface area contributed by atoms with Crippen LogP contribution in [0, 0.1) is 0 Å². The minimum absolute atomic E-state index is 1.10. The first kappa shape index (κ1) is 32.4. The minimum Gasteiger partial charge on any atom is -0.309 e. The molecule has 0 saturated carbocycles. The largest absolute Gasteiger partial charge is 0.309 e. The van der Waals surface area contributed by atoms with E-state index in [0.29, 0.717) is 0 Å². The van der Waals surface area contributed by atoms with Gasteiger partial charge in [-0.15, -0.1) is 0 Å². The van der Waals surface area contributed by atoms with Crippen LogP contribution in [0.4, 0.5) is 0 Å². The van der Waals surface area contributed by atoms with Gasteiger partial charge in [0.15, 0.2) is 0 Å². The van der Waals surface area contributed by atoms with E-state index >= 15 is 0 Å². The number of hydrogen-bond acceptors (Lipinski definition) is 2. The van der Waals surface area contributed by atoms with Crippen molar-refractivity contribution in [3.63, 3.8) is 0 Å². The second-order valence-corrected chi connectivity index (χ2v) is 15.0. The van der Waals surface area contributed by atoms with Crippen molar-refractivity contribution in [2.24, 2.45) is 0 Å². The minimum atomic E-state index is 1.10. The van der Waals surface area contributed by atoms with Crippen LogP contribution in [0.1, 0.15) is 0 Å². The normalized spacial score (nSPS) is 11.8. The molecule has 0 fully saturated rings. The predicted molar refractivity (Wildman–Crippen MR) is 240 cm³/mol. The molecular weight excluding hydrogens is 705 g/mol. The topological polar surface area (TPSA) is 35.6 Å². The SMILES string of the molecule is c1ccc(-n2c3ccc4ccc(-c5cccc(-c6cccnc6)c5)c5c4c3-c3c4c(ccc(-c6cccc(-c7cccnc7)c6)c42)ccc3n5-c2ccccc2)cc1. The fourth-order valence-corrected chi connectivity index (χ4v) is 9.32. The summed E-state index contributed by atoms with van der Waals surface area (Å²) in [6, 6.07) is 66.3. The van der Waals surface area contributed by atoms with Gasteiger partial charge in [-0.05, 0) is 93.7 Å². The molecule has 0 saturated heterocycles. The Bertz CT molecular complexity index is 3190. The Morgan fingerprint density at radius 3 is 1.17 bits per heavy atom. The van der Waals surface area contributed by atoms with Gasteiger partial charge in [0, 0.05) is 80.3 Å². The monoisotopic (exact) mass is 738 g/mol. The van der Waals surface area contributed by atoms with Gasteiger partial charge >= 0.3 is 0 Å². The van der Waals surface area contributed by atoms with Gasteiger partial charge in [0.25, 0.3) is 0 Å². The van der Waals surface area contributed by atoms with Crippen LogP contribution in [0.2, 0.25) is 0 Å². The molecule has 12 rings (SSSR count). The van der Waals surface area contributed by atoms with Crippen molar-refractivity contribution < 1.29 is 0 Å². The molecule has 0 N–H and O–H groups in total. The molecule has 0 spiro atoms. The van der Waals surface area contributed by atoms with Crippen LogP contribution >= 0.6 is 0 Å². The Morgan fingerprint density at radius 2 is 0.741 bits per heavy atom. The highest BCUT2D eigenvalue weighted by Crippen LogP contribution is 2.52. The van der Waals surface area contributed by atoms with Crippen molar-refractivity contribution in [3.05, 3.63) is 207 Å². The molecule has 4 heterocycles. The summed E-state index contributed by atoms with van der Waals surface area (Å²) in [4.78, 5) is 8.87. The first-order chi connectivity index (χ1) is 28.8. The third kappa shape index (κ3) is 4.88. The van der Waals surface area contributed by atoms with Crippen molar-refractivity contribution >= 4 is 43.6 Å². The van der Waals surface area contributed by atoms with Gasteiger partial charge in [-0.2, -0.15) is 0 Å². The van der Waals surface area contributed by atoms with Gasteiger partial charge in [0.1, 0.15) is 0 Å². The Kier molecular flexibility index (Phi) is 7.20. The van der Waals surface area contributed by atoms with Crippen LogP contribution in [0.15, 0.2) is 207 Å². The molecule has 4 nitrogen and oxygen atoms in total. The summed E-state index contributed by atoms with van der Waals surface area (Å²) in [5.74, 6) is 0. The van der Waals surface area contributed by atoms with Crippen LogP contribution < -0.4 is 0 Å². The van der Waals surface area contributed by atoms with Crippen molar-refractivity contribution in [2.75, 3.05) is 0 Å². The molecule has 2 aromatic heterocycles. The molecule has 0 radical (unpaired) electrons. The quantitative estimate of drug-likeness (QED) is 0.126. The number of benzene rings is 8. The smallest absolute Gasteiger partial charge is 0.0625 e. The molecule has 4 heteroatoms. The predicted octanol–water partition coefficient (Wildman–Crippen LogP) is 13.9. The van der Waals surface area contributed by atoms with E-state index in [0.717, 1.165) is 44.8 Å². The van der Waals surface area contributed by atoms with Crippen molar-refractivity contribution in [1.29, 1.82) is 0 Å². The van der Waals surface area contributed by atoms with Gasteiger partial charge in [-0.3, -0.25) is 9.97 Å². The molecule has 0 unspecified atom stereocenters. The van der Waals surface area contributed by atoms with Crippen LogP contribution in [0.5, 0.6) is 0 Å². The van der Waals surface area contributed by atoms with E-state index in [9.17, 15) is 0 Å². The highest BCUT2D eigenvalue weighted by atomic mass is 15.0. The summed E-state index contributed by atoms with van der Waals surface area (Å²) in [5, 5.41) is 4.92. The fraction of sp³-hybridized carbons (Fsp3) is 0. The third-order valence-electron chi connectivity index (χ3n) is 11.8. The van der Waals surface area contributed by atoms with E-state index in [4.69, 9.17) is 0 Å². The van der Waals surface area contributed by atoms with Crippen molar-refractivity contribution in [2.45, 2.75) is 0 Å². The lowest BCUT2D eigenvalue weighted by molar-refractivity contribution is 1.14. The molecule has 2 aliphatic rings. The highest BCUT2D eigenvalue weighted by molar-refractivity contribution is 6.29. The Hall–Kier alpha value is -7.82. The molecule has 0 aliphatic carbocycles. The summed E-state index contributed by atoms with van der Waals surface area (Å²) >= 11 is 0. The Balaban J connectivity index is 1.27. The second kappa shape index (κ2) is 12.9. The lowest BCUT2D eigenvalue weighted by Gasteiger charge is -2.31. The summed E-state index contributed by atoms with van der Waals surface area (Å²) in [6.07, 6.45) is 7.54. The molecule has 58 heavy (non-hydrogen) atoms. The lowest BCUT2D eigenvalue weighted by atomic mass is 9.84. The number of rotatable bonds is 6. The van der Waals surface area contributed by atoms with E-state index in [1.165, 1.54) is 65.9 Å². The number of pyridine rings is 4. The molecule has 0 atom stereocenters. The molecule has 10 aromatic rings. The van der Waals surface area contributed by atoms with Gasteiger partial charge in [-0.1, -0.05) is 121 Å². The summed E-state index contributed by atoms with van der Waals surface area (Å²) in [6.45, 7) is 0.